The Morgan fingerprint density at radius 2 is 2.12 bits per heavy atom. The van der Waals surface area contributed by atoms with Crippen LogP contribution in [-0.4, -0.2) is 23.8 Å². The number of amides is 1. The molecule has 4 heteroatoms. The summed E-state index contributed by atoms with van der Waals surface area (Å²) in [5.41, 5.74) is 0.939. The van der Waals surface area contributed by atoms with Crippen LogP contribution in [0, 0.1) is 0 Å². The third kappa shape index (κ3) is 4.79. The lowest BCUT2D eigenvalue weighted by atomic mass is 10.2. The van der Waals surface area contributed by atoms with Gasteiger partial charge in [0.25, 0.3) is 0 Å². The Labute approximate surface area is 95.2 Å². The molecule has 0 saturated carbocycles. The molecule has 0 radical (unpaired) electrons. The predicted octanol–water partition coefficient (Wildman–Crippen LogP) is 1.68. The molecular formula is C12H17NO3. The maximum atomic E-state index is 11.2. The molecule has 0 spiro atoms. The highest BCUT2D eigenvalue weighted by Gasteiger charge is 2.05. The number of ether oxygens (including phenoxy) is 1. The van der Waals surface area contributed by atoms with Gasteiger partial charge in [0.05, 0.1) is 6.10 Å². The first-order valence-corrected chi connectivity index (χ1v) is 5.35. The smallest absolute Gasteiger partial charge is 0.407 e. The zero-order valence-electron chi connectivity index (χ0n) is 9.35. The molecule has 0 aliphatic rings. The molecule has 1 aromatic rings. The predicted molar refractivity (Wildman–Crippen MR) is 60.9 cm³/mol. The van der Waals surface area contributed by atoms with Gasteiger partial charge in [0.1, 0.15) is 6.61 Å². The van der Waals surface area contributed by atoms with E-state index < -0.39 is 12.2 Å². The van der Waals surface area contributed by atoms with Crippen LogP contribution in [0.1, 0.15) is 18.9 Å². The van der Waals surface area contributed by atoms with Gasteiger partial charge < -0.3 is 15.2 Å². The van der Waals surface area contributed by atoms with E-state index >= 15 is 0 Å². The second-order valence-electron chi connectivity index (χ2n) is 3.50. The van der Waals surface area contributed by atoms with Gasteiger partial charge in [-0.3, -0.25) is 0 Å². The van der Waals surface area contributed by atoms with Crippen LogP contribution in [0.4, 0.5) is 4.79 Å². The third-order valence-corrected chi connectivity index (χ3v) is 2.17. The van der Waals surface area contributed by atoms with Crippen LogP contribution in [0.5, 0.6) is 0 Å². The lowest BCUT2D eigenvalue weighted by Crippen LogP contribution is -2.32. The van der Waals surface area contributed by atoms with Gasteiger partial charge in [-0.25, -0.2) is 4.79 Å². The normalized spacial score (nSPS) is 11.9. The van der Waals surface area contributed by atoms with Crippen LogP contribution in [0.15, 0.2) is 30.3 Å². The highest BCUT2D eigenvalue weighted by molar-refractivity contribution is 5.67. The first kappa shape index (κ1) is 12.5. The Morgan fingerprint density at radius 3 is 2.75 bits per heavy atom. The molecule has 0 aliphatic carbocycles. The number of aliphatic hydroxyl groups excluding tert-OH is 1. The summed E-state index contributed by atoms with van der Waals surface area (Å²) in [6.45, 7) is 2.32. The van der Waals surface area contributed by atoms with E-state index in [1.807, 2.05) is 37.3 Å². The Morgan fingerprint density at radius 1 is 1.44 bits per heavy atom. The molecule has 0 saturated heterocycles. The zero-order chi connectivity index (χ0) is 11.8. The van der Waals surface area contributed by atoms with Crippen molar-refractivity contribution in [1.29, 1.82) is 0 Å². The monoisotopic (exact) mass is 223 g/mol. The fraction of sp³-hybridized carbons (Fsp3) is 0.417. The van der Waals surface area contributed by atoms with Crippen molar-refractivity contribution in [1.82, 2.24) is 5.32 Å². The second-order valence-corrected chi connectivity index (χ2v) is 3.50. The molecular weight excluding hydrogens is 206 g/mol. The number of hydrogen-bond acceptors (Lipinski definition) is 3. The zero-order valence-corrected chi connectivity index (χ0v) is 9.35. The molecule has 1 aromatic carbocycles. The molecule has 1 rings (SSSR count). The fourth-order valence-electron chi connectivity index (χ4n) is 1.12. The van der Waals surface area contributed by atoms with E-state index in [-0.39, 0.29) is 13.2 Å². The molecule has 0 aliphatic heterocycles. The van der Waals surface area contributed by atoms with E-state index in [9.17, 15) is 9.90 Å². The maximum absolute atomic E-state index is 11.2. The minimum Gasteiger partial charge on any atom is -0.445 e. The maximum Gasteiger partial charge on any atom is 0.407 e. The number of hydrogen-bond donors (Lipinski definition) is 2. The topological polar surface area (TPSA) is 58.6 Å². The van der Waals surface area contributed by atoms with Gasteiger partial charge in [-0.2, -0.15) is 0 Å². The fourth-order valence-corrected chi connectivity index (χ4v) is 1.12. The lowest BCUT2D eigenvalue weighted by molar-refractivity contribution is 0.124. The van der Waals surface area contributed by atoms with E-state index in [4.69, 9.17) is 4.74 Å². The molecule has 88 valence electrons. The Hall–Kier alpha value is -1.55. The number of alkyl carbamates (subject to hydrolysis) is 1. The number of carbonyl (C=O) groups excluding carboxylic acids is 1. The average Bonchev–Trinajstić information content (AvgIpc) is 2.34. The molecule has 0 bridgehead atoms. The van der Waals surface area contributed by atoms with Crippen molar-refractivity contribution in [3.63, 3.8) is 0 Å². The molecule has 1 amide bonds. The molecule has 0 fully saturated rings. The van der Waals surface area contributed by atoms with Gasteiger partial charge in [-0.05, 0) is 12.0 Å². The van der Waals surface area contributed by atoms with Crippen molar-refractivity contribution >= 4 is 6.09 Å². The molecule has 1 atom stereocenters. The quantitative estimate of drug-likeness (QED) is 0.798. The first-order chi connectivity index (χ1) is 7.72. The van der Waals surface area contributed by atoms with Crippen molar-refractivity contribution in [3.05, 3.63) is 35.9 Å². The van der Waals surface area contributed by atoms with E-state index in [1.54, 1.807) is 0 Å². The van der Waals surface area contributed by atoms with E-state index in [0.717, 1.165) is 5.56 Å². The molecule has 2 N–H and O–H groups in total. The van der Waals surface area contributed by atoms with E-state index in [0.29, 0.717) is 6.42 Å². The Balaban J connectivity index is 2.20. The van der Waals surface area contributed by atoms with E-state index in [2.05, 4.69) is 5.32 Å². The summed E-state index contributed by atoms with van der Waals surface area (Å²) in [5, 5.41) is 11.7. The minimum atomic E-state index is -0.510. The third-order valence-electron chi connectivity index (χ3n) is 2.17. The van der Waals surface area contributed by atoms with E-state index in [1.165, 1.54) is 0 Å². The summed E-state index contributed by atoms with van der Waals surface area (Å²) in [7, 11) is 0. The molecule has 0 heterocycles. The average molecular weight is 223 g/mol. The standard InChI is InChI=1S/C12H17NO3/c1-2-11(14)8-13-12(15)16-9-10-6-4-3-5-7-10/h3-7,11,14H,2,8-9H2,1H3,(H,13,15)/t11-/m0/s1. The molecule has 0 unspecified atom stereocenters. The van der Waals surface area contributed by atoms with Crippen LogP contribution in [0.2, 0.25) is 0 Å². The number of nitrogens with one attached hydrogen (secondary N) is 1. The Kier molecular flexibility index (Phi) is 5.36. The van der Waals surface area contributed by atoms with Crippen molar-refractivity contribution in [2.24, 2.45) is 0 Å². The van der Waals surface area contributed by atoms with Gasteiger partial charge >= 0.3 is 6.09 Å². The Bertz CT molecular complexity index is 313. The summed E-state index contributed by atoms with van der Waals surface area (Å²) in [6, 6.07) is 9.44. The largest absolute Gasteiger partial charge is 0.445 e. The number of benzene rings is 1. The molecule has 0 aromatic heterocycles. The first-order valence-electron chi connectivity index (χ1n) is 5.35. The van der Waals surface area contributed by atoms with Gasteiger partial charge in [0.15, 0.2) is 0 Å². The number of aliphatic hydroxyl groups is 1. The summed E-state index contributed by atoms with van der Waals surface area (Å²) in [5.74, 6) is 0. The van der Waals surface area contributed by atoms with Crippen LogP contribution in [-0.2, 0) is 11.3 Å². The summed E-state index contributed by atoms with van der Waals surface area (Å²) < 4.78 is 4.96. The lowest BCUT2D eigenvalue weighted by Gasteiger charge is -2.09. The molecule has 16 heavy (non-hydrogen) atoms. The summed E-state index contributed by atoms with van der Waals surface area (Å²) in [6.07, 6.45) is -0.403. The van der Waals surface area contributed by atoms with Crippen molar-refractivity contribution < 1.29 is 14.6 Å². The number of rotatable bonds is 5. The van der Waals surface area contributed by atoms with Gasteiger partial charge in [-0.15, -0.1) is 0 Å². The highest BCUT2D eigenvalue weighted by Crippen LogP contribution is 2.00. The minimum absolute atomic E-state index is 0.226. The van der Waals surface area contributed by atoms with Gasteiger partial charge in [-0.1, -0.05) is 37.3 Å². The van der Waals surface area contributed by atoms with Crippen molar-refractivity contribution in [2.45, 2.75) is 26.1 Å². The highest BCUT2D eigenvalue weighted by atomic mass is 16.5. The van der Waals surface area contributed by atoms with Crippen LogP contribution in [0.3, 0.4) is 0 Å². The number of carbonyl (C=O) groups is 1. The van der Waals surface area contributed by atoms with Crippen molar-refractivity contribution in [2.75, 3.05) is 6.54 Å². The van der Waals surface area contributed by atoms with Crippen LogP contribution in [0.25, 0.3) is 0 Å². The van der Waals surface area contributed by atoms with Gasteiger partial charge in [0, 0.05) is 6.54 Å². The van der Waals surface area contributed by atoms with Gasteiger partial charge in [0.2, 0.25) is 0 Å². The summed E-state index contributed by atoms with van der Waals surface area (Å²) in [4.78, 5) is 11.2. The van der Waals surface area contributed by atoms with Crippen molar-refractivity contribution in [3.8, 4) is 0 Å². The van der Waals surface area contributed by atoms with Crippen LogP contribution >= 0.6 is 0 Å². The summed E-state index contributed by atoms with van der Waals surface area (Å²) >= 11 is 0. The molecule has 4 nitrogen and oxygen atoms in total. The SMILES string of the molecule is CC[C@H](O)CNC(=O)OCc1ccccc1. The van der Waals surface area contributed by atoms with Crippen LogP contribution < -0.4 is 5.32 Å². The second kappa shape index (κ2) is 6.85.